The van der Waals surface area contributed by atoms with Crippen molar-refractivity contribution >= 4 is 17.2 Å². The van der Waals surface area contributed by atoms with Crippen LogP contribution in [0.5, 0.6) is 0 Å². The van der Waals surface area contributed by atoms with Gasteiger partial charge in [-0.25, -0.2) is 0 Å². The molecule has 108 valence electrons. The van der Waals surface area contributed by atoms with E-state index in [-0.39, 0.29) is 18.1 Å². The molecule has 0 N–H and O–H groups in total. The molecule has 20 heavy (non-hydrogen) atoms. The van der Waals surface area contributed by atoms with Crippen LogP contribution in [0.4, 0.5) is 0 Å². The third-order valence-corrected chi connectivity index (χ3v) is 5.30. The molecule has 2 aliphatic heterocycles. The molecule has 0 unspecified atom stereocenters. The van der Waals surface area contributed by atoms with Crippen LogP contribution < -0.4 is 0 Å². The van der Waals surface area contributed by atoms with Gasteiger partial charge >= 0.3 is 0 Å². The Balaban J connectivity index is 1.47. The van der Waals surface area contributed by atoms with E-state index in [0.717, 1.165) is 31.2 Å². The molecule has 0 bridgehead atoms. The van der Waals surface area contributed by atoms with Crippen LogP contribution in [0, 0.1) is 11.8 Å². The van der Waals surface area contributed by atoms with E-state index < -0.39 is 0 Å². The molecule has 3 aliphatic rings. The lowest BCUT2D eigenvalue weighted by Crippen LogP contribution is -2.38. The molecule has 1 aliphatic carbocycles. The maximum atomic E-state index is 12.6. The zero-order valence-electron chi connectivity index (χ0n) is 11.4. The van der Waals surface area contributed by atoms with Crippen LogP contribution in [-0.2, 0) is 9.47 Å². The zero-order valence-corrected chi connectivity index (χ0v) is 12.2. The van der Waals surface area contributed by atoms with E-state index in [1.807, 2.05) is 21.7 Å². The van der Waals surface area contributed by atoms with E-state index in [4.69, 9.17) is 9.47 Å². The van der Waals surface area contributed by atoms with Crippen molar-refractivity contribution in [3.05, 3.63) is 22.4 Å². The number of rotatable bonds is 4. The van der Waals surface area contributed by atoms with Crippen molar-refractivity contribution < 1.29 is 14.3 Å². The molecule has 0 radical (unpaired) electrons. The summed E-state index contributed by atoms with van der Waals surface area (Å²) in [5.41, 5.74) is 0.795. The van der Waals surface area contributed by atoms with E-state index >= 15 is 0 Å². The van der Waals surface area contributed by atoms with E-state index in [1.165, 1.54) is 12.8 Å². The average molecular weight is 293 g/mol. The summed E-state index contributed by atoms with van der Waals surface area (Å²) in [5, 5.41) is 3.87. The van der Waals surface area contributed by atoms with Crippen molar-refractivity contribution in [1.82, 2.24) is 4.90 Å². The number of nitrogens with zero attached hydrogens (tertiary/aromatic N) is 1. The molecule has 0 aromatic carbocycles. The van der Waals surface area contributed by atoms with Crippen molar-refractivity contribution in [3.8, 4) is 0 Å². The predicted octanol–water partition coefficient (Wildman–Crippen LogP) is 2.01. The van der Waals surface area contributed by atoms with Gasteiger partial charge < -0.3 is 14.4 Å². The smallest absolute Gasteiger partial charge is 0.255 e. The van der Waals surface area contributed by atoms with Gasteiger partial charge in [0.2, 0.25) is 0 Å². The Hall–Kier alpha value is -0.910. The standard InChI is InChI=1S/C15H19NO3S/c17-15(11-3-4-20-9-11)16-5-14(19-6-10-1-2-10)12-7-18-8-13(12)16/h3-4,9-10,12-14H,1-2,5-8H2/t12-,13+,14-/m1/s1. The SMILES string of the molecule is O=C(c1ccsc1)N1C[C@@H](OCC2CC2)[C@@H]2COC[C@@H]21. The molecule has 4 nitrogen and oxygen atoms in total. The molecule has 3 atom stereocenters. The Morgan fingerprint density at radius 1 is 1.45 bits per heavy atom. The van der Waals surface area contributed by atoms with Crippen molar-refractivity contribution in [2.24, 2.45) is 11.8 Å². The molecular weight excluding hydrogens is 274 g/mol. The lowest BCUT2D eigenvalue weighted by Gasteiger charge is -2.21. The van der Waals surface area contributed by atoms with Crippen molar-refractivity contribution in [2.75, 3.05) is 26.4 Å². The summed E-state index contributed by atoms with van der Waals surface area (Å²) >= 11 is 1.57. The minimum atomic E-state index is 0.129. The largest absolute Gasteiger partial charge is 0.379 e. The van der Waals surface area contributed by atoms with Gasteiger partial charge in [0.1, 0.15) is 0 Å². The van der Waals surface area contributed by atoms with Crippen LogP contribution in [0.2, 0.25) is 0 Å². The van der Waals surface area contributed by atoms with Crippen molar-refractivity contribution in [2.45, 2.75) is 25.0 Å². The number of likely N-dealkylation sites (tertiary alicyclic amines) is 1. The molecule has 3 heterocycles. The molecule has 1 aromatic heterocycles. The fraction of sp³-hybridized carbons (Fsp3) is 0.667. The van der Waals surface area contributed by atoms with Gasteiger partial charge in [0.15, 0.2) is 0 Å². The molecule has 1 saturated carbocycles. The molecule has 0 spiro atoms. The van der Waals surface area contributed by atoms with E-state index in [9.17, 15) is 4.79 Å². The van der Waals surface area contributed by atoms with Crippen LogP contribution in [0.25, 0.3) is 0 Å². The van der Waals surface area contributed by atoms with Crippen LogP contribution in [-0.4, -0.2) is 49.3 Å². The quantitative estimate of drug-likeness (QED) is 0.852. The fourth-order valence-corrected chi connectivity index (χ4v) is 3.84. The number of carbonyl (C=O) groups excluding carboxylic acids is 1. The summed E-state index contributed by atoms with van der Waals surface area (Å²) < 4.78 is 11.7. The second kappa shape index (κ2) is 5.13. The van der Waals surface area contributed by atoms with Gasteiger partial charge in [0.05, 0.1) is 30.9 Å². The number of hydrogen-bond donors (Lipinski definition) is 0. The minimum absolute atomic E-state index is 0.129. The molecule has 1 aromatic rings. The lowest BCUT2D eigenvalue weighted by atomic mass is 10.0. The first-order valence-electron chi connectivity index (χ1n) is 7.35. The Morgan fingerprint density at radius 3 is 3.10 bits per heavy atom. The number of hydrogen-bond acceptors (Lipinski definition) is 4. The summed E-state index contributed by atoms with van der Waals surface area (Å²) in [6, 6.07) is 2.10. The first-order chi connectivity index (χ1) is 9.83. The number of ether oxygens (including phenoxy) is 2. The first-order valence-corrected chi connectivity index (χ1v) is 8.29. The zero-order chi connectivity index (χ0) is 13.5. The second-order valence-corrected chi connectivity index (χ2v) is 6.83. The third kappa shape index (κ3) is 2.28. The molecule has 2 saturated heterocycles. The molecule has 3 fully saturated rings. The Labute approximate surface area is 122 Å². The van der Waals surface area contributed by atoms with Crippen LogP contribution >= 0.6 is 11.3 Å². The maximum Gasteiger partial charge on any atom is 0.255 e. The van der Waals surface area contributed by atoms with Crippen molar-refractivity contribution in [3.63, 3.8) is 0 Å². The molecule has 1 amide bonds. The highest BCUT2D eigenvalue weighted by Gasteiger charge is 2.48. The third-order valence-electron chi connectivity index (χ3n) is 4.62. The van der Waals surface area contributed by atoms with Crippen LogP contribution in [0.3, 0.4) is 0 Å². The minimum Gasteiger partial charge on any atom is -0.379 e. The van der Waals surface area contributed by atoms with E-state index in [0.29, 0.717) is 12.5 Å². The van der Waals surface area contributed by atoms with Crippen molar-refractivity contribution in [1.29, 1.82) is 0 Å². The number of amides is 1. The highest BCUT2D eigenvalue weighted by molar-refractivity contribution is 7.08. The van der Waals surface area contributed by atoms with Gasteiger partial charge in [-0.1, -0.05) is 0 Å². The summed E-state index contributed by atoms with van der Waals surface area (Å²) in [7, 11) is 0. The normalized spacial score (nSPS) is 32.6. The topological polar surface area (TPSA) is 38.8 Å². The lowest BCUT2D eigenvalue weighted by molar-refractivity contribution is 0.0141. The molecular formula is C15H19NO3S. The Kier molecular flexibility index (Phi) is 3.28. The summed E-state index contributed by atoms with van der Waals surface area (Å²) in [5.74, 6) is 1.25. The van der Waals surface area contributed by atoms with Gasteiger partial charge in [-0.3, -0.25) is 4.79 Å². The monoisotopic (exact) mass is 293 g/mol. The average Bonchev–Trinajstić information content (AvgIpc) is 2.90. The van der Waals surface area contributed by atoms with Gasteiger partial charge in [0, 0.05) is 24.4 Å². The first kappa shape index (κ1) is 12.8. The Morgan fingerprint density at radius 2 is 2.35 bits per heavy atom. The molecule has 4 rings (SSSR count). The fourth-order valence-electron chi connectivity index (χ4n) is 3.21. The predicted molar refractivity (Wildman–Crippen MR) is 75.9 cm³/mol. The van der Waals surface area contributed by atoms with E-state index in [1.54, 1.807) is 11.3 Å². The number of carbonyl (C=O) groups is 1. The van der Waals surface area contributed by atoms with Gasteiger partial charge in [0.25, 0.3) is 5.91 Å². The highest BCUT2D eigenvalue weighted by Crippen LogP contribution is 2.35. The number of thiophene rings is 1. The summed E-state index contributed by atoms with van der Waals surface area (Å²) in [6.45, 7) is 2.96. The van der Waals surface area contributed by atoms with Gasteiger partial charge in [-0.15, -0.1) is 0 Å². The van der Waals surface area contributed by atoms with Crippen LogP contribution in [0.15, 0.2) is 16.8 Å². The van der Waals surface area contributed by atoms with Crippen LogP contribution in [0.1, 0.15) is 23.2 Å². The molecule has 5 heteroatoms. The van der Waals surface area contributed by atoms with E-state index in [2.05, 4.69) is 0 Å². The van der Waals surface area contributed by atoms with Gasteiger partial charge in [-0.05, 0) is 30.2 Å². The highest BCUT2D eigenvalue weighted by atomic mass is 32.1. The summed E-state index contributed by atoms with van der Waals surface area (Å²) in [4.78, 5) is 14.5. The number of fused-ring (bicyclic) bond motifs is 1. The summed E-state index contributed by atoms with van der Waals surface area (Å²) in [6.07, 6.45) is 2.76. The van der Waals surface area contributed by atoms with Gasteiger partial charge in [-0.2, -0.15) is 11.3 Å². The second-order valence-electron chi connectivity index (χ2n) is 6.05. The maximum absolute atomic E-state index is 12.6. The Bertz CT molecular complexity index is 485.